The SMILES string of the molecule is Cc1ccc(C)c(NC(=O)CN(CCC(=O)NC(C(=O)O)C(C)C)C2CC2)c1. The number of carbonyl (C=O) groups is 3. The van der Waals surface area contributed by atoms with Crippen molar-refractivity contribution in [2.24, 2.45) is 5.92 Å². The van der Waals surface area contributed by atoms with E-state index < -0.39 is 12.0 Å². The van der Waals surface area contributed by atoms with E-state index in [9.17, 15) is 19.5 Å². The summed E-state index contributed by atoms with van der Waals surface area (Å²) in [7, 11) is 0. The van der Waals surface area contributed by atoms with Gasteiger partial charge in [-0.15, -0.1) is 0 Å². The predicted octanol–water partition coefficient (Wildman–Crippen LogP) is 2.32. The number of aryl methyl sites for hydroxylation is 2. The lowest BCUT2D eigenvalue weighted by Crippen LogP contribution is -2.45. The van der Waals surface area contributed by atoms with Crippen molar-refractivity contribution in [2.75, 3.05) is 18.4 Å². The van der Waals surface area contributed by atoms with Crippen molar-refractivity contribution in [1.29, 1.82) is 0 Å². The van der Waals surface area contributed by atoms with Crippen molar-refractivity contribution in [3.63, 3.8) is 0 Å². The first-order valence-corrected chi connectivity index (χ1v) is 9.80. The Hall–Kier alpha value is -2.41. The molecule has 28 heavy (non-hydrogen) atoms. The number of carboxylic acids is 1. The smallest absolute Gasteiger partial charge is 0.326 e. The van der Waals surface area contributed by atoms with Crippen LogP contribution in [0.3, 0.4) is 0 Å². The van der Waals surface area contributed by atoms with Gasteiger partial charge < -0.3 is 15.7 Å². The van der Waals surface area contributed by atoms with Gasteiger partial charge in [0, 0.05) is 24.7 Å². The Morgan fingerprint density at radius 1 is 1.18 bits per heavy atom. The highest BCUT2D eigenvalue weighted by Gasteiger charge is 2.31. The Morgan fingerprint density at radius 3 is 2.43 bits per heavy atom. The van der Waals surface area contributed by atoms with E-state index in [0.717, 1.165) is 29.7 Å². The van der Waals surface area contributed by atoms with Crippen molar-refractivity contribution < 1.29 is 19.5 Å². The fourth-order valence-corrected chi connectivity index (χ4v) is 3.08. The maximum Gasteiger partial charge on any atom is 0.326 e. The summed E-state index contributed by atoms with van der Waals surface area (Å²) in [6.07, 6.45) is 2.20. The molecule has 154 valence electrons. The lowest BCUT2D eigenvalue weighted by atomic mass is 10.0. The van der Waals surface area contributed by atoms with Crippen molar-refractivity contribution in [1.82, 2.24) is 10.2 Å². The van der Waals surface area contributed by atoms with Crippen molar-refractivity contribution in [2.45, 2.75) is 59.0 Å². The van der Waals surface area contributed by atoms with E-state index in [-0.39, 0.29) is 30.7 Å². The van der Waals surface area contributed by atoms with E-state index in [2.05, 4.69) is 10.6 Å². The molecule has 1 aromatic carbocycles. The minimum absolute atomic E-state index is 0.105. The van der Waals surface area contributed by atoms with Crippen LogP contribution in [0.1, 0.15) is 44.2 Å². The van der Waals surface area contributed by atoms with Gasteiger partial charge in [-0.2, -0.15) is 0 Å². The molecule has 1 aliphatic carbocycles. The highest BCUT2D eigenvalue weighted by atomic mass is 16.4. The Bertz CT molecular complexity index is 728. The molecule has 2 amide bonds. The van der Waals surface area contributed by atoms with Gasteiger partial charge in [-0.3, -0.25) is 14.5 Å². The average molecular weight is 389 g/mol. The van der Waals surface area contributed by atoms with Crippen LogP contribution in [0.15, 0.2) is 18.2 Å². The number of hydrogen-bond acceptors (Lipinski definition) is 4. The molecule has 0 bridgehead atoms. The normalized spacial score (nSPS) is 14.8. The van der Waals surface area contributed by atoms with E-state index >= 15 is 0 Å². The summed E-state index contributed by atoms with van der Waals surface area (Å²) in [5.74, 6) is -1.63. The van der Waals surface area contributed by atoms with Crippen LogP contribution < -0.4 is 10.6 Å². The molecule has 7 heteroatoms. The van der Waals surface area contributed by atoms with Gasteiger partial charge in [0.05, 0.1) is 6.54 Å². The number of hydrogen-bond donors (Lipinski definition) is 3. The minimum atomic E-state index is -1.03. The summed E-state index contributed by atoms with van der Waals surface area (Å²) >= 11 is 0. The van der Waals surface area contributed by atoms with Gasteiger partial charge in [-0.05, 0) is 49.8 Å². The van der Waals surface area contributed by atoms with Crippen LogP contribution in [0.4, 0.5) is 5.69 Å². The number of anilines is 1. The monoisotopic (exact) mass is 389 g/mol. The lowest BCUT2D eigenvalue weighted by molar-refractivity contribution is -0.143. The molecule has 0 radical (unpaired) electrons. The molecule has 7 nitrogen and oxygen atoms in total. The van der Waals surface area contributed by atoms with Crippen molar-refractivity contribution in [3.8, 4) is 0 Å². The zero-order chi connectivity index (χ0) is 20.8. The molecule has 0 heterocycles. The van der Waals surface area contributed by atoms with E-state index in [0.29, 0.717) is 12.6 Å². The molecule has 1 aromatic rings. The molecule has 1 atom stereocenters. The van der Waals surface area contributed by atoms with Crippen molar-refractivity contribution in [3.05, 3.63) is 29.3 Å². The Kier molecular flexibility index (Phi) is 7.57. The summed E-state index contributed by atoms with van der Waals surface area (Å²) in [4.78, 5) is 37.9. The molecule has 1 fully saturated rings. The number of nitrogens with one attached hydrogen (secondary N) is 2. The second-order valence-electron chi connectivity index (χ2n) is 7.95. The first-order valence-electron chi connectivity index (χ1n) is 9.80. The second-order valence-corrected chi connectivity index (χ2v) is 7.95. The molecule has 1 unspecified atom stereocenters. The molecular formula is C21H31N3O4. The van der Waals surface area contributed by atoms with Crippen LogP contribution in [0, 0.1) is 19.8 Å². The molecule has 0 aromatic heterocycles. The third kappa shape index (κ3) is 6.64. The zero-order valence-electron chi connectivity index (χ0n) is 17.1. The molecule has 1 aliphatic rings. The molecule has 0 aliphatic heterocycles. The van der Waals surface area contributed by atoms with Crippen LogP contribution in [-0.2, 0) is 14.4 Å². The number of rotatable bonds is 10. The maximum atomic E-state index is 12.5. The fourth-order valence-electron chi connectivity index (χ4n) is 3.08. The van der Waals surface area contributed by atoms with Gasteiger partial charge in [-0.1, -0.05) is 26.0 Å². The summed E-state index contributed by atoms with van der Waals surface area (Å²) in [6, 6.07) is 5.34. The molecule has 3 N–H and O–H groups in total. The topological polar surface area (TPSA) is 98.7 Å². The number of carbonyl (C=O) groups excluding carboxylic acids is 2. The maximum absolute atomic E-state index is 12.5. The Labute approximate surface area is 166 Å². The predicted molar refractivity (Wildman–Crippen MR) is 108 cm³/mol. The van der Waals surface area contributed by atoms with E-state index in [1.165, 1.54) is 0 Å². The largest absolute Gasteiger partial charge is 0.480 e. The summed E-state index contributed by atoms with van der Waals surface area (Å²) in [5, 5.41) is 14.7. The highest BCUT2D eigenvalue weighted by molar-refractivity contribution is 5.93. The third-order valence-corrected chi connectivity index (χ3v) is 4.95. The van der Waals surface area contributed by atoms with Gasteiger partial charge in [0.15, 0.2) is 0 Å². The molecule has 0 saturated heterocycles. The van der Waals surface area contributed by atoms with Gasteiger partial charge in [0.2, 0.25) is 11.8 Å². The number of nitrogens with zero attached hydrogens (tertiary/aromatic N) is 1. The van der Waals surface area contributed by atoms with Crippen LogP contribution in [-0.4, -0.2) is 53.0 Å². The minimum Gasteiger partial charge on any atom is -0.480 e. The molecule has 1 saturated carbocycles. The second kappa shape index (κ2) is 9.68. The Balaban J connectivity index is 1.88. The standard InChI is InChI=1S/C21H31N3O4/c1-13(2)20(21(27)28)23-18(25)9-10-24(16-7-8-16)12-19(26)22-17-11-14(3)5-6-15(17)4/h5-6,11,13,16,20H,7-10,12H2,1-4H3,(H,22,26)(H,23,25)(H,27,28). The summed E-state index contributed by atoms with van der Waals surface area (Å²) in [6.45, 7) is 8.09. The average Bonchev–Trinajstić information content (AvgIpc) is 3.44. The van der Waals surface area contributed by atoms with Gasteiger partial charge >= 0.3 is 5.97 Å². The van der Waals surface area contributed by atoms with Gasteiger partial charge in [0.1, 0.15) is 6.04 Å². The van der Waals surface area contributed by atoms with Crippen LogP contribution in [0.2, 0.25) is 0 Å². The Morgan fingerprint density at radius 2 is 1.86 bits per heavy atom. The van der Waals surface area contributed by atoms with E-state index in [1.54, 1.807) is 13.8 Å². The van der Waals surface area contributed by atoms with Gasteiger partial charge in [-0.25, -0.2) is 4.79 Å². The summed E-state index contributed by atoms with van der Waals surface area (Å²) in [5.41, 5.74) is 2.89. The lowest BCUT2D eigenvalue weighted by Gasteiger charge is -2.23. The molecule has 0 spiro atoms. The number of benzene rings is 1. The van der Waals surface area contributed by atoms with Gasteiger partial charge in [0.25, 0.3) is 0 Å². The van der Waals surface area contributed by atoms with Crippen LogP contribution in [0.25, 0.3) is 0 Å². The van der Waals surface area contributed by atoms with E-state index in [1.807, 2.05) is 36.9 Å². The number of amides is 2. The van der Waals surface area contributed by atoms with Crippen LogP contribution in [0.5, 0.6) is 0 Å². The first-order chi connectivity index (χ1) is 13.2. The fraction of sp³-hybridized carbons (Fsp3) is 0.571. The van der Waals surface area contributed by atoms with Crippen LogP contribution >= 0.6 is 0 Å². The summed E-state index contributed by atoms with van der Waals surface area (Å²) < 4.78 is 0. The van der Waals surface area contributed by atoms with Crippen molar-refractivity contribution >= 4 is 23.5 Å². The first kappa shape index (κ1) is 21.9. The van der Waals surface area contributed by atoms with E-state index in [4.69, 9.17) is 0 Å². The quantitative estimate of drug-likeness (QED) is 0.570. The molecular weight excluding hydrogens is 358 g/mol. The third-order valence-electron chi connectivity index (χ3n) is 4.95. The number of carboxylic acid groups (broad SMARTS) is 1. The molecule has 2 rings (SSSR count). The zero-order valence-corrected chi connectivity index (χ0v) is 17.1. The highest BCUT2D eigenvalue weighted by Crippen LogP contribution is 2.27. The number of aliphatic carboxylic acids is 1.